The average Bonchev–Trinajstić information content (AvgIpc) is 2.82. The largest absolute Gasteiger partial charge is 0.370 e. The van der Waals surface area contributed by atoms with Crippen molar-refractivity contribution in [2.45, 2.75) is 33.7 Å². The predicted octanol–water partition coefficient (Wildman–Crippen LogP) is 3.51. The number of amides is 1. The quantitative estimate of drug-likeness (QED) is 0.858. The van der Waals surface area contributed by atoms with Crippen molar-refractivity contribution in [2.75, 3.05) is 11.9 Å². The molecule has 21 heavy (non-hydrogen) atoms. The van der Waals surface area contributed by atoms with Gasteiger partial charge in [0.2, 0.25) is 0 Å². The summed E-state index contributed by atoms with van der Waals surface area (Å²) in [7, 11) is 0. The molecule has 2 rings (SSSR count). The van der Waals surface area contributed by atoms with Gasteiger partial charge in [-0.05, 0) is 44.0 Å². The number of carbonyl (C=O) groups excluding carboxylic acids is 1. The predicted molar refractivity (Wildman–Crippen MR) is 88.0 cm³/mol. The third kappa shape index (κ3) is 4.29. The minimum absolute atomic E-state index is 0.0896. The van der Waals surface area contributed by atoms with Crippen molar-refractivity contribution in [3.8, 4) is 0 Å². The molecule has 0 aliphatic carbocycles. The number of hydrogen-bond donors (Lipinski definition) is 2. The number of thiophene rings is 1. The molecule has 112 valence electrons. The van der Waals surface area contributed by atoms with Gasteiger partial charge in [0.15, 0.2) is 0 Å². The summed E-state index contributed by atoms with van der Waals surface area (Å²) in [5.74, 6) is 0.714. The Morgan fingerprint density at radius 3 is 2.71 bits per heavy atom. The van der Waals surface area contributed by atoms with Gasteiger partial charge in [-0.1, -0.05) is 6.92 Å². The average molecular weight is 303 g/mol. The van der Waals surface area contributed by atoms with Gasteiger partial charge in [-0.15, -0.1) is 11.3 Å². The molecule has 0 aliphatic rings. The molecule has 2 aromatic heterocycles. The van der Waals surface area contributed by atoms with Gasteiger partial charge in [-0.25, -0.2) is 4.98 Å². The number of rotatable bonds is 6. The third-order valence-corrected chi connectivity index (χ3v) is 4.37. The highest BCUT2D eigenvalue weighted by atomic mass is 32.1. The maximum absolute atomic E-state index is 12.1. The van der Waals surface area contributed by atoms with Crippen LogP contribution in [-0.4, -0.2) is 17.4 Å². The van der Waals surface area contributed by atoms with E-state index >= 15 is 0 Å². The zero-order valence-corrected chi connectivity index (χ0v) is 13.5. The molecular weight excluding hydrogens is 282 g/mol. The summed E-state index contributed by atoms with van der Waals surface area (Å²) in [6, 6.07) is 5.76. The highest BCUT2D eigenvalue weighted by Gasteiger charge is 2.07. The summed E-state index contributed by atoms with van der Waals surface area (Å²) in [5, 5.41) is 6.12. The van der Waals surface area contributed by atoms with Gasteiger partial charge in [-0.2, -0.15) is 0 Å². The molecule has 2 N–H and O–H groups in total. The summed E-state index contributed by atoms with van der Waals surface area (Å²) in [4.78, 5) is 18.8. The van der Waals surface area contributed by atoms with E-state index in [1.165, 1.54) is 15.3 Å². The van der Waals surface area contributed by atoms with Crippen LogP contribution in [0.25, 0.3) is 0 Å². The lowest BCUT2D eigenvalue weighted by molar-refractivity contribution is 0.0951. The first kappa shape index (κ1) is 15.5. The molecule has 0 aliphatic heterocycles. The summed E-state index contributed by atoms with van der Waals surface area (Å²) >= 11 is 1.72. The standard InChI is InChI=1S/C16H21N3OS/c1-4-7-17-15-6-5-13(9-18-15)16(20)19-10-14-8-11(2)12(3)21-14/h5-6,8-9H,4,7,10H2,1-3H3,(H,17,18)(H,19,20). The zero-order valence-electron chi connectivity index (χ0n) is 12.7. The van der Waals surface area contributed by atoms with Crippen LogP contribution in [0.2, 0.25) is 0 Å². The number of aromatic nitrogens is 1. The van der Waals surface area contributed by atoms with Gasteiger partial charge in [0.05, 0.1) is 12.1 Å². The van der Waals surface area contributed by atoms with Crippen LogP contribution in [0.4, 0.5) is 5.82 Å². The smallest absolute Gasteiger partial charge is 0.253 e. The highest BCUT2D eigenvalue weighted by molar-refractivity contribution is 7.12. The van der Waals surface area contributed by atoms with E-state index in [1.807, 2.05) is 6.07 Å². The maximum atomic E-state index is 12.1. The molecule has 0 fully saturated rings. The monoisotopic (exact) mass is 303 g/mol. The van der Waals surface area contributed by atoms with Crippen molar-refractivity contribution in [3.05, 3.63) is 45.3 Å². The maximum Gasteiger partial charge on any atom is 0.253 e. The van der Waals surface area contributed by atoms with Crippen LogP contribution in [0.3, 0.4) is 0 Å². The van der Waals surface area contributed by atoms with Gasteiger partial charge in [0, 0.05) is 22.5 Å². The molecule has 0 aromatic carbocycles. The summed E-state index contributed by atoms with van der Waals surface area (Å²) in [6.45, 7) is 7.73. The Labute approximate surface area is 129 Å². The molecule has 0 unspecified atom stereocenters. The minimum atomic E-state index is -0.0896. The van der Waals surface area contributed by atoms with E-state index in [0.29, 0.717) is 12.1 Å². The first-order valence-electron chi connectivity index (χ1n) is 7.14. The first-order valence-corrected chi connectivity index (χ1v) is 7.96. The van der Waals surface area contributed by atoms with Crippen molar-refractivity contribution in [1.29, 1.82) is 0 Å². The Bertz CT molecular complexity index is 585. The van der Waals surface area contributed by atoms with Crippen LogP contribution in [-0.2, 0) is 6.54 Å². The number of nitrogens with one attached hydrogen (secondary N) is 2. The summed E-state index contributed by atoms with van der Waals surface area (Å²) < 4.78 is 0. The van der Waals surface area contributed by atoms with Crippen molar-refractivity contribution in [3.63, 3.8) is 0 Å². The lowest BCUT2D eigenvalue weighted by Crippen LogP contribution is -2.22. The molecule has 2 heterocycles. The fourth-order valence-electron chi connectivity index (χ4n) is 1.89. The molecule has 0 spiro atoms. The van der Waals surface area contributed by atoms with Gasteiger partial charge in [-0.3, -0.25) is 4.79 Å². The topological polar surface area (TPSA) is 54.0 Å². The number of nitrogens with zero attached hydrogens (tertiary/aromatic N) is 1. The number of carbonyl (C=O) groups is 1. The van der Waals surface area contributed by atoms with Crippen molar-refractivity contribution in [1.82, 2.24) is 10.3 Å². The number of aryl methyl sites for hydroxylation is 2. The number of anilines is 1. The summed E-state index contributed by atoms with van der Waals surface area (Å²) in [5.41, 5.74) is 1.86. The molecule has 0 atom stereocenters. The molecule has 0 radical (unpaired) electrons. The SMILES string of the molecule is CCCNc1ccc(C(=O)NCc2cc(C)c(C)s2)cn1. The van der Waals surface area contributed by atoms with Crippen molar-refractivity contribution >= 4 is 23.1 Å². The van der Waals surface area contributed by atoms with Crippen molar-refractivity contribution < 1.29 is 4.79 Å². The van der Waals surface area contributed by atoms with Crippen LogP contribution >= 0.6 is 11.3 Å². The first-order chi connectivity index (χ1) is 10.1. The fraction of sp³-hybridized carbons (Fsp3) is 0.375. The van der Waals surface area contributed by atoms with Gasteiger partial charge in [0.1, 0.15) is 5.82 Å². The Hall–Kier alpha value is -1.88. The van der Waals surface area contributed by atoms with Crippen LogP contribution in [0.1, 0.15) is 39.0 Å². The second-order valence-corrected chi connectivity index (χ2v) is 6.33. The van der Waals surface area contributed by atoms with E-state index in [-0.39, 0.29) is 5.91 Å². The second kappa shape index (κ2) is 7.22. The van der Waals surface area contributed by atoms with Crippen LogP contribution in [0, 0.1) is 13.8 Å². The fourth-order valence-corrected chi connectivity index (χ4v) is 2.89. The molecule has 1 amide bonds. The third-order valence-electron chi connectivity index (χ3n) is 3.22. The highest BCUT2D eigenvalue weighted by Crippen LogP contribution is 2.20. The van der Waals surface area contributed by atoms with Gasteiger partial charge in [0.25, 0.3) is 5.91 Å². The number of hydrogen-bond acceptors (Lipinski definition) is 4. The van der Waals surface area contributed by atoms with Crippen LogP contribution in [0.5, 0.6) is 0 Å². The molecule has 2 aromatic rings. The normalized spacial score (nSPS) is 10.4. The summed E-state index contributed by atoms with van der Waals surface area (Å²) in [6.07, 6.45) is 2.65. The van der Waals surface area contributed by atoms with E-state index in [9.17, 15) is 4.79 Å². The Balaban J connectivity index is 1.90. The Morgan fingerprint density at radius 2 is 2.14 bits per heavy atom. The minimum Gasteiger partial charge on any atom is -0.370 e. The molecule has 0 bridgehead atoms. The van der Waals surface area contributed by atoms with Gasteiger partial charge >= 0.3 is 0 Å². The van der Waals surface area contributed by atoms with E-state index in [2.05, 4.69) is 42.5 Å². The van der Waals surface area contributed by atoms with Crippen LogP contribution in [0.15, 0.2) is 24.4 Å². The van der Waals surface area contributed by atoms with E-state index in [0.717, 1.165) is 18.8 Å². The van der Waals surface area contributed by atoms with E-state index < -0.39 is 0 Å². The lowest BCUT2D eigenvalue weighted by Gasteiger charge is -2.06. The lowest BCUT2D eigenvalue weighted by atomic mass is 10.2. The van der Waals surface area contributed by atoms with Crippen LogP contribution < -0.4 is 10.6 Å². The molecule has 5 heteroatoms. The Morgan fingerprint density at radius 1 is 1.33 bits per heavy atom. The van der Waals surface area contributed by atoms with Crippen molar-refractivity contribution in [2.24, 2.45) is 0 Å². The Kier molecular flexibility index (Phi) is 5.33. The molecule has 0 saturated carbocycles. The number of pyridine rings is 1. The van der Waals surface area contributed by atoms with E-state index in [1.54, 1.807) is 23.6 Å². The van der Waals surface area contributed by atoms with E-state index in [4.69, 9.17) is 0 Å². The molecule has 4 nitrogen and oxygen atoms in total. The zero-order chi connectivity index (χ0) is 15.2. The second-order valence-electron chi connectivity index (χ2n) is 4.99. The van der Waals surface area contributed by atoms with Gasteiger partial charge < -0.3 is 10.6 Å². The molecule has 0 saturated heterocycles. The molecular formula is C16H21N3OS.